The lowest BCUT2D eigenvalue weighted by Crippen LogP contribution is -2.37. The number of piperidine rings is 1. The Labute approximate surface area is 193 Å². The molecule has 0 saturated carbocycles. The van der Waals surface area contributed by atoms with E-state index in [-0.39, 0.29) is 0 Å². The molecule has 166 valence electrons. The van der Waals surface area contributed by atoms with E-state index in [9.17, 15) is 8.42 Å². The fourth-order valence-corrected chi connectivity index (χ4v) is 5.69. The van der Waals surface area contributed by atoms with Crippen molar-refractivity contribution in [1.29, 1.82) is 0 Å². The lowest BCUT2D eigenvalue weighted by molar-refractivity contribution is 0.288. The van der Waals surface area contributed by atoms with Gasteiger partial charge in [-0.05, 0) is 42.5 Å². The van der Waals surface area contributed by atoms with E-state index in [1.807, 2.05) is 53.9 Å². The number of rotatable bonds is 7. The number of nitrogens with one attached hydrogen (secondary N) is 1. The summed E-state index contributed by atoms with van der Waals surface area (Å²) in [4.78, 5) is 4.86. The average molecular weight is 467 g/mol. The Kier molecular flexibility index (Phi) is 7.14. The summed E-state index contributed by atoms with van der Waals surface area (Å²) in [5.41, 5.74) is 5.51. The van der Waals surface area contributed by atoms with E-state index in [1.54, 1.807) is 28.7 Å². The molecule has 2 heterocycles. The number of thiazole rings is 1. The van der Waals surface area contributed by atoms with Gasteiger partial charge in [-0.2, -0.15) is 9.41 Å². The molecule has 1 fully saturated rings. The average Bonchev–Trinajstić information content (AvgIpc) is 3.29. The van der Waals surface area contributed by atoms with Gasteiger partial charge in [0.2, 0.25) is 15.2 Å². The molecule has 1 aliphatic heterocycles. The molecule has 0 radical (unpaired) electrons. The predicted molar refractivity (Wildman–Crippen MR) is 132 cm³/mol. The number of sulfonamides is 1. The topological polar surface area (TPSA) is 74.7 Å². The van der Waals surface area contributed by atoms with E-state index in [0.717, 1.165) is 29.7 Å². The second-order valence-corrected chi connectivity index (χ2v) is 10.6. The molecule has 2 aromatic carbocycles. The fraction of sp³-hybridized carbons (Fsp3) is 0.250. The number of hydrazone groups is 1. The van der Waals surface area contributed by atoms with Crippen LogP contribution in [0.2, 0.25) is 0 Å². The van der Waals surface area contributed by atoms with Crippen molar-refractivity contribution >= 4 is 38.8 Å². The molecular formula is C24H26N4O2S2. The van der Waals surface area contributed by atoms with Gasteiger partial charge in [0.15, 0.2) is 0 Å². The summed E-state index contributed by atoms with van der Waals surface area (Å²) in [6.07, 6.45) is 7.29. The van der Waals surface area contributed by atoms with Gasteiger partial charge in [0, 0.05) is 30.2 Å². The molecule has 0 spiro atoms. The number of anilines is 1. The van der Waals surface area contributed by atoms with Crippen LogP contribution in [0.1, 0.15) is 25.3 Å². The molecule has 1 N–H and O–H groups in total. The lowest BCUT2D eigenvalue weighted by atomic mass is 10.0. The zero-order valence-corrected chi connectivity index (χ0v) is 19.5. The van der Waals surface area contributed by atoms with Crippen LogP contribution in [0.4, 0.5) is 5.13 Å². The van der Waals surface area contributed by atoms with Gasteiger partial charge in [-0.3, -0.25) is 5.43 Å². The summed E-state index contributed by atoms with van der Waals surface area (Å²) in [7, 11) is -3.49. The highest BCUT2D eigenvalue weighted by molar-refractivity contribution is 7.89. The SMILES string of the molecule is CC1CCN(S(=O)(=O)c2cccc(-c3csc(N/N=C/C=C/c4ccccc4)n3)c2)CC1. The molecule has 6 nitrogen and oxygen atoms in total. The molecule has 0 amide bonds. The third kappa shape index (κ3) is 5.51. The van der Waals surface area contributed by atoms with Crippen molar-refractivity contribution < 1.29 is 8.42 Å². The summed E-state index contributed by atoms with van der Waals surface area (Å²) >= 11 is 1.42. The van der Waals surface area contributed by atoms with Crippen molar-refractivity contribution in [3.8, 4) is 11.3 Å². The largest absolute Gasteiger partial charge is 0.253 e. The van der Waals surface area contributed by atoms with Gasteiger partial charge in [-0.25, -0.2) is 13.4 Å². The molecule has 0 atom stereocenters. The van der Waals surface area contributed by atoms with Gasteiger partial charge < -0.3 is 0 Å². The van der Waals surface area contributed by atoms with E-state index < -0.39 is 10.0 Å². The van der Waals surface area contributed by atoms with Crippen LogP contribution >= 0.6 is 11.3 Å². The maximum absolute atomic E-state index is 13.1. The fourth-order valence-electron chi connectivity index (χ4n) is 3.50. The Morgan fingerprint density at radius 2 is 1.91 bits per heavy atom. The molecule has 0 bridgehead atoms. The quantitative estimate of drug-likeness (QED) is 0.377. The monoisotopic (exact) mass is 466 g/mol. The lowest BCUT2D eigenvalue weighted by Gasteiger charge is -2.29. The molecule has 1 saturated heterocycles. The van der Waals surface area contributed by atoms with Crippen molar-refractivity contribution in [3.63, 3.8) is 0 Å². The van der Waals surface area contributed by atoms with Crippen LogP contribution in [-0.2, 0) is 10.0 Å². The van der Waals surface area contributed by atoms with Gasteiger partial charge >= 0.3 is 0 Å². The standard InChI is InChI=1S/C24H26N4O2S2/c1-19-12-15-28(16-13-19)32(29,30)22-11-5-10-21(17-22)23-18-31-24(26-23)27-25-14-6-9-20-7-3-2-4-8-20/h2-11,14,17-19H,12-13,15-16H2,1H3,(H,26,27)/b9-6+,25-14+. The normalized spacial score (nSPS) is 16.2. The summed E-state index contributed by atoms with van der Waals surface area (Å²) in [6, 6.07) is 17.0. The molecule has 32 heavy (non-hydrogen) atoms. The predicted octanol–water partition coefficient (Wildman–Crippen LogP) is 5.34. The molecular weight excluding hydrogens is 440 g/mol. The van der Waals surface area contributed by atoms with E-state index in [2.05, 4.69) is 22.4 Å². The number of hydrogen-bond donors (Lipinski definition) is 1. The van der Waals surface area contributed by atoms with Crippen LogP contribution in [0.5, 0.6) is 0 Å². The Hall–Kier alpha value is -2.81. The molecule has 3 aromatic rings. The summed E-state index contributed by atoms with van der Waals surface area (Å²) in [5, 5.41) is 6.71. The van der Waals surface area contributed by atoms with Crippen LogP contribution < -0.4 is 5.43 Å². The van der Waals surface area contributed by atoms with Gasteiger partial charge in [0.1, 0.15) is 0 Å². The third-order valence-electron chi connectivity index (χ3n) is 5.42. The summed E-state index contributed by atoms with van der Waals surface area (Å²) in [6.45, 7) is 3.33. The van der Waals surface area contributed by atoms with Crippen LogP contribution in [0, 0.1) is 5.92 Å². The number of allylic oxidation sites excluding steroid dienone is 1. The summed E-state index contributed by atoms with van der Waals surface area (Å²) < 4.78 is 27.7. The second-order valence-electron chi connectivity index (χ2n) is 7.81. The summed E-state index contributed by atoms with van der Waals surface area (Å²) in [5.74, 6) is 0.574. The van der Waals surface area contributed by atoms with Gasteiger partial charge in [-0.1, -0.05) is 55.5 Å². The Balaban J connectivity index is 1.42. The molecule has 4 rings (SSSR count). The first-order valence-electron chi connectivity index (χ1n) is 10.6. The first-order chi connectivity index (χ1) is 15.5. The number of benzene rings is 2. The number of nitrogens with zero attached hydrogens (tertiary/aromatic N) is 3. The Bertz CT molecular complexity index is 1200. The van der Waals surface area contributed by atoms with Crippen molar-refractivity contribution in [2.45, 2.75) is 24.7 Å². The zero-order valence-electron chi connectivity index (χ0n) is 17.9. The third-order valence-corrected chi connectivity index (χ3v) is 8.06. The van der Waals surface area contributed by atoms with Crippen molar-refractivity contribution in [2.75, 3.05) is 18.5 Å². The molecule has 1 aliphatic rings. The maximum atomic E-state index is 13.1. The van der Waals surface area contributed by atoms with E-state index in [4.69, 9.17) is 0 Å². The molecule has 0 unspecified atom stereocenters. The highest BCUT2D eigenvalue weighted by Gasteiger charge is 2.28. The van der Waals surface area contributed by atoms with Crippen LogP contribution in [0.25, 0.3) is 17.3 Å². The highest BCUT2D eigenvalue weighted by atomic mass is 32.2. The number of aromatic nitrogens is 1. The minimum absolute atomic E-state index is 0.316. The Morgan fingerprint density at radius 3 is 2.69 bits per heavy atom. The second kappa shape index (κ2) is 10.2. The molecule has 1 aromatic heterocycles. The van der Waals surface area contributed by atoms with Crippen molar-refractivity contribution in [2.24, 2.45) is 11.0 Å². The number of hydrogen-bond acceptors (Lipinski definition) is 6. The molecule has 0 aliphatic carbocycles. The maximum Gasteiger partial charge on any atom is 0.243 e. The molecule has 8 heteroatoms. The first kappa shape index (κ1) is 22.4. The van der Waals surface area contributed by atoms with Gasteiger partial charge in [0.25, 0.3) is 0 Å². The van der Waals surface area contributed by atoms with Crippen LogP contribution in [0.15, 0.2) is 76.1 Å². The van der Waals surface area contributed by atoms with Crippen LogP contribution in [-0.4, -0.2) is 37.0 Å². The van der Waals surface area contributed by atoms with Crippen LogP contribution in [0.3, 0.4) is 0 Å². The van der Waals surface area contributed by atoms with E-state index in [0.29, 0.717) is 29.0 Å². The zero-order chi connectivity index (χ0) is 22.4. The van der Waals surface area contributed by atoms with Crippen molar-refractivity contribution in [3.05, 3.63) is 71.6 Å². The van der Waals surface area contributed by atoms with Gasteiger partial charge in [-0.15, -0.1) is 11.3 Å². The van der Waals surface area contributed by atoms with Gasteiger partial charge in [0.05, 0.1) is 10.6 Å². The van der Waals surface area contributed by atoms with Crippen molar-refractivity contribution in [1.82, 2.24) is 9.29 Å². The Morgan fingerprint density at radius 1 is 1.12 bits per heavy atom. The van der Waals surface area contributed by atoms with E-state index in [1.165, 1.54) is 11.3 Å². The smallest absolute Gasteiger partial charge is 0.243 e. The highest BCUT2D eigenvalue weighted by Crippen LogP contribution is 2.29. The first-order valence-corrected chi connectivity index (χ1v) is 12.9. The minimum Gasteiger partial charge on any atom is -0.253 e. The van der Waals surface area contributed by atoms with E-state index >= 15 is 0 Å². The minimum atomic E-state index is -3.49.